The highest BCUT2D eigenvalue weighted by atomic mass is 32.2. The summed E-state index contributed by atoms with van der Waals surface area (Å²) in [4.78, 5) is 12.1. The van der Waals surface area contributed by atoms with E-state index in [0.717, 1.165) is 50.5 Å². The van der Waals surface area contributed by atoms with Gasteiger partial charge >= 0.3 is 0 Å². The van der Waals surface area contributed by atoms with Crippen LogP contribution in [0.5, 0.6) is 0 Å². The number of amides is 1. The van der Waals surface area contributed by atoms with Crippen LogP contribution in [0.1, 0.15) is 109 Å². The summed E-state index contributed by atoms with van der Waals surface area (Å²) in [7, 11) is -3.77. The zero-order valence-corrected chi connectivity index (χ0v) is 21.5. The van der Waals surface area contributed by atoms with Gasteiger partial charge in [-0.15, -0.1) is 0 Å². The van der Waals surface area contributed by atoms with Gasteiger partial charge in [-0.2, -0.15) is 0 Å². The van der Waals surface area contributed by atoms with Gasteiger partial charge in [0, 0.05) is 6.42 Å². The Balaban J connectivity index is 1.95. The molecule has 0 spiro atoms. The third-order valence-electron chi connectivity index (χ3n) is 5.82. The van der Waals surface area contributed by atoms with Crippen LogP contribution in [0, 0.1) is 6.92 Å². The van der Waals surface area contributed by atoms with Gasteiger partial charge in [-0.3, -0.25) is 4.79 Å². The molecule has 0 radical (unpaired) electrons. The average Bonchev–Trinajstić information content (AvgIpc) is 2.77. The van der Waals surface area contributed by atoms with Crippen molar-refractivity contribution in [2.45, 2.75) is 121 Å². The Kier molecular flexibility index (Phi) is 15.8. The largest absolute Gasteiger partial charge is 0.389 e. The molecule has 33 heavy (non-hydrogen) atoms. The minimum Gasteiger partial charge on any atom is -0.389 e. The maximum atomic E-state index is 12.2. The van der Waals surface area contributed by atoms with Gasteiger partial charge in [-0.1, -0.05) is 101 Å². The molecule has 0 aliphatic heterocycles. The van der Waals surface area contributed by atoms with E-state index in [1.807, 2.05) is 13.0 Å². The highest BCUT2D eigenvalue weighted by Gasteiger charge is 2.16. The van der Waals surface area contributed by atoms with E-state index in [1.54, 1.807) is 12.1 Å². The summed E-state index contributed by atoms with van der Waals surface area (Å²) in [5.74, 6) is -0.430. The van der Waals surface area contributed by atoms with Gasteiger partial charge in [0.1, 0.15) is 0 Å². The highest BCUT2D eigenvalue weighted by molar-refractivity contribution is 7.90. The van der Waals surface area contributed by atoms with E-state index in [1.165, 1.54) is 57.1 Å². The van der Waals surface area contributed by atoms with Crippen molar-refractivity contribution >= 4 is 15.9 Å². The smallest absolute Gasteiger partial charge is 0.264 e. The number of rotatable bonds is 19. The molecule has 0 aliphatic rings. The third-order valence-corrected chi connectivity index (χ3v) is 7.20. The van der Waals surface area contributed by atoms with Gasteiger partial charge in [0.25, 0.3) is 10.0 Å². The normalized spacial score (nSPS) is 12.8. The summed E-state index contributed by atoms with van der Waals surface area (Å²) in [5.41, 5.74) is 0.975. The fraction of sp³-hybridized carbons (Fsp3) is 0.667. The Morgan fingerprint density at radius 1 is 0.909 bits per heavy atom. The first-order chi connectivity index (χ1) is 15.8. The first-order valence-corrected chi connectivity index (χ1v) is 14.3. The van der Waals surface area contributed by atoms with Crippen molar-refractivity contribution in [1.82, 2.24) is 4.72 Å². The van der Waals surface area contributed by atoms with Crippen LogP contribution >= 0.6 is 0 Å². The van der Waals surface area contributed by atoms with Crippen LogP contribution in [-0.4, -0.2) is 25.5 Å². The summed E-state index contributed by atoms with van der Waals surface area (Å²) in [6.07, 6.45) is 19.6. The fourth-order valence-corrected chi connectivity index (χ4v) is 4.72. The Morgan fingerprint density at radius 2 is 1.45 bits per heavy atom. The van der Waals surface area contributed by atoms with Crippen molar-refractivity contribution in [3.63, 3.8) is 0 Å². The number of allylic oxidation sites excluding steroid dienone is 1. The lowest BCUT2D eigenvalue weighted by Gasteiger charge is -2.07. The van der Waals surface area contributed by atoms with Gasteiger partial charge < -0.3 is 5.11 Å². The number of aryl methyl sites for hydroxylation is 1. The van der Waals surface area contributed by atoms with E-state index in [2.05, 4.69) is 17.7 Å². The SMILES string of the molecule is CCCC[C@@H](O)C=CCCCCCCCCCCCCC(=O)NS(=O)(=O)c1ccc(C)cc1. The first kappa shape index (κ1) is 29.4. The quantitative estimate of drug-likeness (QED) is 0.173. The molecule has 0 fully saturated rings. The van der Waals surface area contributed by atoms with E-state index in [0.29, 0.717) is 0 Å². The molecule has 0 aliphatic carbocycles. The van der Waals surface area contributed by atoms with Crippen LogP contribution < -0.4 is 4.72 Å². The van der Waals surface area contributed by atoms with Crippen molar-refractivity contribution in [3.05, 3.63) is 42.0 Å². The van der Waals surface area contributed by atoms with Crippen LogP contribution in [0.2, 0.25) is 0 Å². The predicted molar refractivity (Wildman–Crippen MR) is 137 cm³/mol. The Morgan fingerprint density at radius 3 is 2.03 bits per heavy atom. The minimum atomic E-state index is -3.77. The lowest BCUT2D eigenvalue weighted by atomic mass is 10.0. The van der Waals surface area contributed by atoms with Crippen molar-refractivity contribution in [2.24, 2.45) is 0 Å². The minimum absolute atomic E-state index is 0.124. The molecule has 1 rings (SSSR count). The van der Waals surface area contributed by atoms with E-state index in [9.17, 15) is 18.3 Å². The number of benzene rings is 1. The number of aliphatic hydroxyl groups excluding tert-OH is 1. The highest BCUT2D eigenvalue weighted by Crippen LogP contribution is 2.13. The van der Waals surface area contributed by atoms with Gasteiger partial charge in [0.15, 0.2) is 0 Å². The molecule has 2 N–H and O–H groups in total. The second-order valence-corrected chi connectivity index (χ2v) is 10.7. The number of sulfonamides is 1. The third kappa shape index (κ3) is 15.0. The summed E-state index contributed by atoms with van der Waals surface area (Å²) in [6.45, 7) is 4.03. The van der Waals surface area contributed by atoms with E-state index in [-0.39, 0.29) is 17.4 Å². The van der Waals surface area contributed by atoms with Gasteiger partial charge in [-0.05, 0) is 44.7 Å². The van der Waals surface area contributed by atoms with Crippen molar-refractivity contribution < 1.29 is 18.3 Å². The topological polar surface area (TPSA) is 83.5 Å². The van der Waals surface area contributed by atoms with Crippen LogP contribution in [0.15, 0.2) is 41.3 Å². The average molecular weight is 480 g/mol. The molecule has 0 saturated carbocycles. The molecular formula is C27H45NO4S. The summed E-state index contributed by atoms with van der Waals surface area (Å²) in [6, 6.07) is 6.48. The Labute approximate surface area is 202 Å². The Bertz CT molecular complexity index is 772. The molecule has 1 atom stereocenters. The number of carbonyl (C=O) groups is 1. The number of unbranched alkanes of at least 4 members (excludes halogenated alkanes) is 11. The molecule has 6 heteroatoms. The molecule has 0 unspecified atom stereocenters. The first-order valence-electron chi connectivity index (χ1n) is 12.8. The monoisotopic (exact) mass is 479 g/mol. The van der Waals surface area contributed by atoms with E-state index >= 15 is 0 Å². The predicted octanol–water partition coefficient (Wildman–Crippen LogP) is 6.59. The number of hydrogen-bond acceptors (Lipinski definition) is 4. The molecule has 0 heterocycles. The standard InChI is InChI=1S/C27H45NO4S/c1-3-4-17-25(29)18-15-13-11-9-7-5-6-8-10-12-14-16-19-27(30)28-33(31,32)26-22-20-24(2)21-23-26/h15,18,20-23,25,29H,3-14,16-17,19H2,1-2H3,(H,28,30)/t25-/m1/s1. The van der Waals surface area contributed by atoms with E-state index in [4.69, 9.17) is 0 Å². The molecule has 5 nitrogen and oxygen atoms in total. The maximum Gasteiger partial charge on any atom is 0.264 e. The molecule has 1 amide bonds. The number of aliphatic hydroxyl groups is 1. The molecule has 0 saturated heterocycles. The number of carbonyl (C=O) groups excluding carboxylic acids is 1. The van der Waals surface area contributed by atoms with Crippen molar-refractivity contribution in [2.75, 3.05) is 0 Å². The molecule has 188 valence electrons. The number of nitrogens with one attached hydrogen (secondary N) is 1. The summed E-state index contributed by atoms with van der Waals surface area (Å²) >= 11 is 0. The van der Waals surface area contributed by atoms with Crippen LogP contribution in [-0.2, 0) is 14.8 Å². The second kappa shape index (κ2) is 17.8. The lowest BCUT2D eigenvalue weighted by molar-refractivity contribution is -0.119. The molecule has 1 aromatic rings. The maximum absolute atomic E-state index is 12.2. The second-order valence-electron chi connectivity index (χ2n) is 9.05. The summed E-state index contributed by atoms with van der Waals surface area (Å²) < 4.78 is 26.6. The molecular weight excluding hydrogens is 434 g/mol. The molecule has 1 aromatic carbocycles. The number of hydrogen-bond donors (Lipinski definition) is 2. The lowest BCUT2D eigenvalue weighted by Crippen LogP contribution is -2.30. The van der Waals surface area contributed by atoms with Crippen LogP contribution in [0.4, 0.5) is 0 Å². The van der Waals surface area contributed by atoms with Gasteiger partial charge in [0.2, 0.25) is 5.91 Å². The van der Waals surface area contributed by atoms with Crippen molar-refractivity contribution in [3.8, 4) is 0 Å². The Hall–Kier alpha value is -1.66. The van der Waals surface area contributed by atoms with Gasteiger partial charge in [0.05, 0.1) is 11.0 Å². The van der Waals surface area contributed by atoms with Crippen molar-refractivity contribution in [1.29, 1.82) is 0 Å². The van der Waals surface area contributed by atoms with Crippen LogP contribution in [0.3, 0.4) is 0 Å². The van der Waals surface area contributed by atoms with Gasteiger partial charge in [-0.25, -0.2) is 13.1 Å². The molecule has 0 bridgehead atoms. The summed E-state index contributed by atoms with van der Waals surface area (Å²) in [5, 5.41) is 9.75. The fourth-order valence-electron chi connectivity index (χ4n) is 3.70. The van der Waals surface area contributed by atoms with Crippen LogP contribution in [0.25, 0.3) is 0 Å². The van der Waals surface area contributed by atoms with E-state index < -0.39 is 15.9 Å². The zero-order valence-electron chi connectivity index (χ0n) is 20.7. The molecule has 0 aromatic heterocycles. The zero-order chi connectivity index (χ0) is 24.4.